The zero-order chi connectivity index (χ0) is 22.6. The molecule has 0 spiro atoms. The molecule has 5 nitrogen and oxygen atoms in total. The lowest BCUT2D eigenvalue weighted by Gasteiger charge is -2.59. The fourth-order valence-corrected chi connectivity index (χ4v) is 7.26. The highest BCUT2D eigenvalue weighted by molar-refractivity contribution is 7.98. The third kappa shape index (κ3) is 3.99. The number of benzene rings is 1. The van der Waals surface area contributed by atoms with Crippen LogP contribution in [0.5, 0.6) is 0 Å². The largest absolute Gasteiger partial charge is 0.370 e. The second-order valence-corrected chi connectivity index (χ2v) is 11.9. The Morgan fingerprint density at radius 1 is 1.15 bits per heavy atom. The lowest BCUT2D eigenvalue weighted by Crippen LogP contribution is -2.62. The summed E-state index contributed by atoms with van der Waals surface area (Å²) in [6.45, 7) is 2.90. The number of aromatic nitrogens is 2. The van der Waals surface area contributed by atoms with Crippen molar-refractivity contribution in [2.45, 2.75) is 80.7 Å². The standard InChI is InChI=1S/C27H33N3O2S/c1-26(8-9-26)23-21(15-28-25(30-23)33-2)24(31)29-22-19-10-18-11-20(22)14-27(12-18,13-19)32-16-17-6-4-3-5-7-17/h3-7,15,18-20,22H,8-14,16H2,1-2H3,(H,29,31). The molecule has 5 fully saturated rings. The molecular weight excluding hydrogens is 430 g/mol. The third-order valence-corrected chi connectivity index (χ3v) is 9.23. The van der Waals surface area contributed by atoms with Crippen LogP contribution < -0.4 is 5.32 Å². The van der Waals surface area contributed by atoms with Crippen molar-refractivity contribution >= 4 is 17.7 Å². The van der Waals surface area contributed by atoms with Gasteiger partial charge >= 0.3 is 0 Å². The van der Waals surface area contributed by atoms with E-state index in [4.69, 9.17) is 9.72 Å². The number of rotatable bonds is 7. The number of amides is 1. The highest BCUT2D eigenvalue weighted by Gasteiger charge is 2.56. The first kappa shape index (κ1) is 21.6. The number of carbonyl (C=O) groups is 1. The van der Waals surface area contributed by atoms with Gasteiger partial charge < -0.3 is 10.1 Å². The highest BCUT2D eigenvalue weighted by Crippen LogP contribution is 2.57. The molecule has 1 amide bonds. The molecule has 1 aromatic heterocycles. The molecule has 5 saturated carbocycles. The summed E-state index contributed by atoms with van der Waals surface area (Å²) in [7, 11) is 0. The number of hydrogen-bond donors (Lipinski definition) is 1. The van der Waals surface area contributed by atoms with Gasteiger partial charge in [-0.1, -0.05) is 49.0 Å². The molecule has 2 aromatic rings. The highest BCUT2D eigenvalue weighted by atomic mass is 32.2. The van der Waals surface area contributed by atoms with Crippen molar-refractivity contribution in [1.82, 2.24) is 15.3 Å². The van der Waals surface area contributed by atoms with Gasteiger partial charge in [0.05, 0.1) is 23.5 Å². The number of nitrogens with one attached hydrogen (secondary N) is 1. The SMILES string of the molecule is CSc1ncc(C(=O)NC2C3CC4CC2CC(OCc2ccccc2)(C4)C3)c(C2(C)CC2)n1. The van der Waals surface area contributed by atoms with Gasteiger partial charge in [-0.25, -0.2) is 9.97 Å². The van der Waals surface area contributed by atoms with E-state index in [0.29, 0.717) is 24.0 Å². The van der Waals surface area contributed by atoms with Crippen molar-refractivity contribution in [1.29, 1.82) is 0 Å². The van der Waals surface area contributed by atoms with Gasteiger partial charge in [-0.15, -0.1) is 0 Å². The normalized spacial score (nSPS) is 33.2. The molecule has 6 heteroatoms. The number of carbonyl (C=O) groups excluding carboxylic acids is 1. The molecule has 7 rings (SSSR count). The summed E-state index contributed by atoms with van der Waals surface area (Å²) in [5.41, 5.74) is 2.87. The van der Waals surface area contributed by atoms with Gasteiger partial charge in [0.25, 0.3) is 5.91 Å². The summed E-state index contributed by atoms with van der Waals surface area (Å²) in [6.07, 6.45) is 11.7. The molecule has 0 radical (unpaired) electrons. The summed E-state index contributed by atoms with van der Waals surface area (Å²) in [5, 5.41) is 4.22. The Balaban J connectivity index is 1.18. The predicted molar refractivity (Wildman–Crippen MR) is 129 cm³/mol. The van der Waals surface area contributed by atoms with Crippen LogP contribution in [0.2, 0.25) is 0 Å². The molecule has 2 atom stereocenters. The fraction of sp³-hybridized carbons (Fsp3) is 0.593. The van der Waals surface area contributed by atoms with E-state index in [-0.39, 0.29) is 23.0 Å². The van der Waals surface area contributed by atoms with E-state index in [1.54, 1.807) is 6.20 Å². The molecule has 1 aromatic carbocycles. The van der Waals surface area contributed by atoms with Crippen molar-refractivity contribution in [2.75, 3.05) is 6.26 Å². The molecule has 5 aliphatic carbocycles. The molecule has 4 bridgehead atoms. The van der Waals surface area contributed by atoms with Crippen LogP contribution >= 0.6 is 11.8 Å². The summed E-state index contributed by atoms with van der Waals surface area (Å²) >= 11 is 1.54. The van der Waals surface area contributed by atoms with E-state index in [2.05, 4.69) is 47.6 Å². The van der Waals surface area contributed by atoms with Crippen LogP contribution in [0.25, 0.3) is 0 Å². The minimum absolute atomic E-state index is 0.0106. The fourth-order valence-electron chi connectivity index (χ4n) is 6.92. The Morgan fingerprint density at radius 2 is 1.88 bits per heavy atom. The van der Waals surface area contributed by atoms with E-state index in [1.807, 2.05) is 6.26 Å². The molecule has 2 unspecified atom stereocenters. The van der Waals surface area contributed by atoms with Crippen LogP contribution in [0.15, 0.2) is 41.7 Å². The van der Waals surface area contributed by atoms with Gasteiger partial charge in [-0.05, 0) is 74.5 Å². The Hall–Kier alpha value is -1.92. The Morgan fingerprint density at radius 3 is 2.55 bits per heavy atom. The van der Waals surface area contributed by atoms with Crippen LogP contribution in [-0.4, -0.2) is 33.8 Å². The van der Waals surface area contributed by atoms with Gasteiger partial charge in [0.1, 0.15) is 0 Å². The van der Waals surface area contributed by atoms with Crippen LogP contribution in [0.4, 0.5) is 0 Å². The van der Waals surface area contributed by atoms with E-state index in [9.17, 15) is 4.79 Å². The topological polar surface area (TPSA) is 64.1 Å². The number of hydrogen-bond acceptors (Lipinski definition) is 5. The maximum atomic E-state index is 13.5. The maximum Gasteiger partial charge on any atom is 0.254 e. The average molecular weight is 464 g/mol. The van der Waals surface area contributed by atoms with Crippen molar-refractivity contribution in [3.8, 4) is 0 Å². The molecule has 33 heavy (non-hydrogen) atoms. The zero-order valence-electron chi connectivity index (χ0n) is 19.5. The van der Waals surface area contributed by atoms with Gasteiger partial charge in [0.15, 0.2) is 5.16 Å². The van der Waals surface area contributed by atoms with Crippen molar-refractivity contribution in [3.05, 3.63) is 53.3 Å². The lowest BCUT2D eigenvalue weighted by molar-refractivity contribution is -0.177. The van der Waals surface area contributed by atoms with E-state index in [1.165, 1.54) is 36.6 Å². The molecular formula is C27H33N3O2S. The van der Waals surface area contributed by atoms with E-state index < -0.39 is 0 Å². The minimum atomic E-state index is -0.0106. The summed E-state index contributed by atoms with van der Waals surface area (Å²) in [5.74, 6) is 1.75. The summed E-state index contributed by atoms with van der Waals surface area (Å²) < 4.78 is 6.63. The van der Waals surface area contributed by atoms with Gasteiger partial charge in [-0.3, -0.25) is 4.79 Å². The lowest BCUT2D eigenvalue weighted by atomic mass is 9.52. The molecule has 0 saturated heterocycles. The van der Waals surface area contributed by atoms with Crippen LogP contribution in [0.1, 0.15) is 73.5 Å². The maximum absolute atomic E-state index is 13.5. The first-order chi connectivity index (χ1) is 16.0. The van der Waals surface area contributed by atoms with E-state index in [0.717, 1.165) is 42.5 Å². The van der Waals surface area contributed by atoms with Gasteiger partial charge in [-0.2, -0.15) is 0 Å². The van der Waals surface area contributed by atoms with Crippen molar-refractivity contribution in [3.63, 3.8) is 0 Å². The summed E-state index contributed by atoms with van der Waals surface area (Å²) in [6, 6.07) is 10.7. The first-order valence-electron chi connectivity index (χ1n) is 12.4. The van der Waals surface area contributed by atoms with Gasteiger partial charge in [0.2, 0.25) is 0 Å². The molecule has 1 N–H and O–H groups in total. The number of nitrogens with zero attached hydrogens (tertiary/aromatic N) is 2. The first-order valence-corrected chi connectivity index (χ1v) is 13.6. The second kappa shape index (κ2) is 8.09. The minimum Gasteiger partial charge on any atom is -0.370 e. The molecule has 5 aliphatic rings. The van der Waals surface area contributed by atoms with Crippen molar-refractivity contribution < 1.29 is 9.53 Å². The average Bonchev–Trinajstić information content (AvgIpc) is 3.58. The van der Waals surface area contributed by atoms with Crippen LogP contribution in [0, 0.1) is 17.8 Å². The quantitative estimate of drug-likeness (QED) is 0.455. The molecule has 1 heterocycles. The summed E-state index contributed by atoms with van der Waals surface area (Å²) in [4.78, 5) is 22.7. The predicted octanol–water partition coefficient (Wildman–Crippen LogP) is 5.14. The molecule has 0 aliphatic heterocycles. The van der Waals surface area contributed by atoms with Gasteiger partial charge in [0, 0.05) is 17.7 Å². The van der Waals surface area contributed by atoms with E-state index >= 15 is 0 Å². The second-order valence-electron chi connectivity index (χ2n) is 11.1. The molecule has 174 valence electrons. The zero-order valence-corrected chi connectivity index (χ0v) is 20.4. The van der Waals surface area contributed by atoms with Crippen LogP contribution in [0.3, 0.4) is 0 Å². The third-order valence-electron chi connectivity index (χ3n) is 8.67. The monoisotopic (exact) mass is 463 g/mol. The van der Waals surface area contributed by atoms with Crippen LogP contribution in [-0.2, 0) is 16.8 Å². The smallest absolute Gasteiger partial charge is 0.254 e. The Kier molecular flexibility index (Phi) is 5.29. The Bertz CT molecular complexity index is 1040. The Labute approximate surface area is 200 Å². The number of thioether (sulfide) groups is 1. The van der Waals surface area contributed by atoms with Crippen molar-refractivity contribution in [2.24, 2.45) is 17.8 Å². The number of ether oxygens (including phenoxy) is 1.